The summed E-state index contributed by atoms with van der Waals surface area (Å²) in [6.45, 7) is 7.52. The lowest BCUT2D eigenvalue weighted by Gasteiger charge is -2.26. The average molecular weight is 390 g/mol. The zero-order valence-electron chi connectivity index (χ0n) is 17.8. The molecule has 5 nitrogen and oxygen atoms in total. The number of aromatic nitrogens is 2. The van der Waals surface area contributed by atoms with E-state index in [-0.39, 0.29) is 0 Å². The van der Waals surface area contributed by atoms with Gasteiger partial charge in [-0.1, -0.05) is 43.3 Å². The van der Waals surface area contributed by atoms with Gasteiger partial charge in [-0.3, -0.25) is 0 Å². The Bertz CT molecular complexity index is 957. The summed E-state index contributed by atoms with van der Waals surface area (Å²) >= 11 is 0. The highest BCUT2D eigenvalue weighted by molar-refractivity contribution is 5.86. The fourth-order valence-corrected chi connectivity index (χ4v) is 3.96. The molecule has 2 heterocycles. The van der Waals surface area contributed by atoms with Gasteiger partial charge >= 0.3 is 0 Å². The third-order valence-electron chi connectivity index (χ3n) is 6.13. The Morgan fingerprint density at radius 3 is 2.69 bits per heavy atom. The first-order valence-electron chi connectivity index (χ1n) is 10.6. The molecular formula is C24H31N5. The second-order valence-corrected chi connectivity index (χ2v) is 8.07. The maximum Gasteiger partial charge on any atom is 0.225 e. The zero-order valence-corrected chi connectivity index (χ0v) is 17.8. The van der Waals surface area contributed by atoms with Gasteiger partial charge in [-0.15, -0.1) is 0 Å². The molecule has 4 rings (SSSR count). The largest absolute Gasteiger partial charge is 0.339 e. The molecule has 0 unspecified atom stereocenters. The number of nitrogens with zero attached hydrogens (tertiary/aromatic N) is 5. The van der Waals surface area contributed by atoms with Gasteiger partial charge in [0.15, 0.2) is 0 Å². The van der Waals surface area contributed by atoms with E-state index in [2.05, 4.69) is 83.2 Å². The molecule has 0 saturated carbocycles. The standard InChI is InChI=1S/C24H31N5/c1-4-27(2)15-16-28(3)22-12-14-29(18-22)24-25-13-11-23(26-24)21-10-9-19-7-5-6-8-20(19)17-21/h5-11,13,17,22H,4,12,14-16,18H2,1-3H3/t22-/m1/s1. The van der Waals surface area contributed by atoms with Crippen LogP contribution in [0, 0.1) is 0 Å². The van der Waals surface area contributed by atoms with E-state index in [0.717, 1.165) is 56.4 Å². The number of benzene rings is 2. The van der Waals surface area contributed by atoms with Crippen LogP contribution in [0.5, 0.6) is 0 Å². The molecule has 0 radical (unpaired) electrons. The summed E-state index contributed by atoms with van der Waals surface area (Å²) < 4.78 is 0. The van der Waals surface area contributed by atoms with Gasteiger partial charge in [-0.05, 0) is 50.0 Å². The lowest BCUT2D eigenvalue weighted by Crippen LogP contribution is -2.39. The SMILES string of the molecule is CCN(C)CCN(C)[C@@H]1CCN(c2nccc(-c3ccc4ccccc4c3)n2)C1. The van der Waals surface area contributed by atoms with Crippen molar-refractivity contribution in [1.29, 1.82) is 0 Å². The summed E-state index contributed by atoms with van der Waals surface area (Å²) in [4.78, 5) is 16.7. The van der Waals surface area contributed by atoms with Crippen LogP contribution in [0.15, 0.2) is 54.7 Å². The summed E-state index contributed by atoms with van der Waals surface area (Å²) in [6, 6.07) is 17.6. The van der Waals surface area contributed by atoms with Crippen LogP contribution in [-0.4, -0.2) is 72.6 Å². The van der Waals surface area contributed by atoms with Crippen LogP contribution >= 0.6 is 0 Å². The fraction of sp³-hybridized carbons (Fsp3) is 0.417. The normalized spacial score (nSPS) is 17.0. The number of hydrogen-bond donors (Lipinski definition) is 0. The van der Waals surface area contributed by atoms with Crippen molar-refractivity contribution in [2.24, 2.45) is 0 Å². The quantitative estimate of drug-likeness (QED) is 0.615. The number of likely N-dealkylation sites (N-methyl/N-ethyl adjacent to an activating group) is 2. The molecule has 29 heavy (non-hydrogen) atoms. The molecule has 1 fully saturated rings. The Morgan fingerprint density at radius 2 is 1.86 bits per heavy atom. The van der Waals surface area contributed by atoms with Gasteiger partial charge in [0.2, 0.25) is 5.95 Å². The predicted molar refractivity (Wildman–Crippen MR) is 121 cm³/mol. The van der Waals surface area contributed by atoms with Crippen molar-refractivity contribution in [2.45, 2.75) is 19.4 Å². The monoisotopic (exact) mass is 389 g/mol. The summed E-state index contributed by atoms with van der Waals surface area (Å²) in [5.74, 6) is 0.845. The average Bonchev–Trinajstić information content (AvgIpc) is 3.27. The Hall–Kier alpha value is -2.50. The van der Waals surface area contributed by atoms with Gasteiger partial charge in [0.05, 0.1) is 5.69 Å². The third-order valence-corrected chi connectivity index (χ3v) is 6.13. The second-order valence-electron chi connectivity index (χ2n) is 8.07. The minimum atomic E-state index is 0.563. The molecule has 0 bridgehead atoms. The molecule has 1 aliphatic heterocycles. The molecule has 1 aromatic heterocycles. The van der Waals surface area contributed by atoms with E-state index in [4.69, 9.17) is 4.98 Å². The van der Waals surface area contributed by atoms with Crippen LogP contribution in [-0.2, 0) is 0 Å². The smallest absolute Gasteiger partial charge is 0.225 e. The maximum atomic E-state index is 4.90. The van der Waals surface area contributed by atoms with Crippen molar-refractivity contribution in [3.63, 3.8) is 0 Å². The minimum Gasteiger partial charge on any atom is -0.339 e. The number of anilines is 1. The topological polar surface area (TPSA) is 35.5 Å². The molecule has 0 aliphatic carbocycles. The highest BCUT2D eigenvalue weighted by Crippen LogP contribution is 2.25. The van der Waals surface area contributed by atoms with Crippen LogP contribution in [0.3, 0.4) is 0 Å². The Morgan fingerprint density at radius 1 is 1.03 bits per heavy atom. The molecule has 152 valence electrons. The maximum absolute atomic E-state index is 4.90. The fourth-order valence-electron chi connectivity index (χ4n) is 3.96. The van der Waals surface area contributed by atoms with Crippen LogP contribution in [0.25, 0.3) is 22.0 Å². The van der Waals surface area contributed by atoms with E-state index >= 15 is 0 Å². The van der Waals surface area contributed by atoms with Gasteiger partial charge in [0.1, 0.15) is 0 Å². The molecule has 5 heteroatoms. The highest BCUT2D eigenvalue weighted by atomic mass is 15.3. The molecule has 3 aromatic rings. The van der Waals surface area contributed by atoms with Gasteiger partial charge in [0, 0.05) is 44.0 Å². The molecule has 1 saturated heterocycles. The van der Waals surface area contributed by atoms with Gasteiger partial charge in [-0.25, -0.2) is 9.97 Å². The van der Waals surface area contributed by atoms with Crippen LogP contribution in [0.4, 0.5) is 5.95 Å². The van der Waals surface area contributed by atoms with Crippen molar-refractivity contribution in [2.75, 3.05) is 51.7 Å². The van der Waals surface area contributed by atoms with Crippen molar-refractivity contribution in [1.82, 2.24) is 19.8 Å². The van der Waals surface area contributed by atoms with Crippen molar-refractivity contribution < 1.29 is 0 Å². The third kappa shape index (κ3) is 4.57. The summed E-state index contributed by atoms with van der Waals surface area (Å²) in [5.41, 5.74) is 2.13. The molecule has 0 spiro atoms. The van der Waals surface area contributed by atoms with Gasteiger partial charge in [0.25, 0.3) is 0 Å². The minimum absolute atomic E-state index is 0.563. The van der Waals surface area contributed by atoms with E-state index < -0.39 is 0 Å². The van der Waals surface area contributed by atoms with Crippen LogP contribution in [0.2, 0.25) is 0 Å². The summed E-state index contributed by atoms with van der Waals surface area (Å²) in [5, 5.41) is 2.50. The second kappa shape index (κ2) is 8.89. The van der Waals surface area contributed by atoms with E-state index in [1.165, 1.54) is 10.8 Å². The van der Waals surface area contributed by atoms with Gasteiger partial charge in [-0.2, -0.15) is 0 Å². The molecule has 0 N–H and O–H groups in total. The van der Waals surface area contributed by atoms with Crippen molar-refractivity contribution in [3.8, 4) is 11.3 Å². The number of fused-ring (bicyclic) bond motifs is 1. The van der Waals surface area contributed by atoms with E-state index in [1.807, 2.05) is 12.3 Å². The van der Waals surface area contributed by atoms with Crippen LogP contribution in [0.1, 0.15) is 13.3 Å². The molecule has 1 aliphatic rings. The summed E-state index contributed by atoms with van der Waals surface area (Å²) in [7, 11) is 4.42. The lowest BCUT2D eigenvalue weighted by molar-refractivity contribution is 0.219. The molecular weight excluding hydrogens is 358 g/mol. The van der Waals surface area contributed by atoms with Crippen molar-refractivity contribution >= 4 is 16.7 Å². The van der Waals surface area contributed by atoms with E-state index in [1.54, 1.807) is 0 Å². The van der Waals surface area contributed by atoms with E-state index in [0.29, 0.717) is 6.04 Å². The lowest BCUT2D eigenvalue weighted by atomic mass is 10.1. The first-order valence-corrected chi connectivity index (χ1v) is 10.6. The highest BCUT2D eigenvalue weighted by Gasteiger charge is 2.27. The van der Waals surface area contributed by atoms with Crippen LogP contribution < -0.4 is 4.90 Å². The molecule has 0 amide bonds. The van der Waals surface area contributed by atoms with Gasteiger partial charge < -0.3 is 14.7 Å². The van der Waals surface area contributed by atoms with Crippen molar-refractivity contribution in [3.05, 3.63) is 54.7 Å². The number of rotatable bonds is 7. The first kappa shape index (κ1) is 19.8. The molecule has 2 aromatic carbocycles. The summed E-state index contributed by atoms with van der Waals surface area (Å²) in [6.07, 6.45) is 3.05. The Labute approximate surface area is 174 Å². The number of hydrogen-bond acceptors (Lipinski definition) is 5. The Balaban J connectivity index is 1.46. The zero-order chi connectivity index (χ0) is 20.2. The predicted octanol–water partition coefficient (Wildman–Crippen LogP) is 3.76. The first-order chi connectivity index (χ1) is 14.1. The molecule has 1 atom stereocenters. The van der Waals surface area contributed by atoms with E-state index in [9.17, 15) is 0 Å². The Kier molecular flexibility index (Phi) is 6.07.